The summed E-state index contributed by atoms with van der Waals surface area (Å²) in [6, 6.07) is 7.45. The molecule has 1 aliphatic carbocycles. The van der Waals surface area contributed by atoms with Crippen molar-refractivity contribution in [2.24, 2.45) is 0 Å². The molecular formula is C13H15N3O. The quantitative estimate of drug-likeness (QED) is 0.818. The molecule has 0 atom stereocenters. The fourth-order valence-corrected chi connectivity index (χ4v) is 1.72. The molecule has 4 nitrogen and oxygen atoms in total. The van der Waals surface area contributed by atoms with Gasteiger partial charge in [-0.15, -0.1) is 0 Å². The molecule has 2 N–H and O–H groups in total. The van der Waals surface area contributed by atoms with Crippen LogP contribution in [0.5, 0.6) is 0 Å². The van der Waals surface area contributed by atoms with E-state index in [1.54, 1.807) is 12.1 Å². The first-order valence-electron chi connectivity index (χ1n) is 5.77. The van der Waals surface area contributed by atoms with E-state index in [2.05, 4.69) is 16.7 Å². The fourth-order valence-electron chi connectivity index (χ4n) is 1.72. The average molecular weight is 229 g/mol. The Labute approximate surface area is 101 Å². The maximum Gasteiger partial charge on any atom is 0.319 e. The van der Waals surface area contributed by atoms with Gasteiger partial charge in [0.25, 0.3) is 0 Å². The van der Waals surface area contributed by atoms with Gasteiger partial charge in [0.1, 0.15) is 0 Å². The number of carbonyl (C=O) groups excluding carboxylic acids is 1. The number of nitrogens with one attached hydrogen (secondary N) is 2. The van der Waals surface area contributed by atoms with E-state index in [0.717, 1.165) is 18.4 Å². The molecule has 1 aromatic rings. The summed E-state index contributed by atoms with van der Waals surface area (Å²) in [4.78, 5) is 11.7. The van der Waals surface area contributed by atoms with Gasteiger partial charge in [0.15, 0.2) is 0 Å². The first kappa shape index (κ1) is 11.5. The first-order chi connectivity index (χ1) is 8.19. The Balaban J connectivity index is 2.01. The zero-order valence-corrected chi connectivity index (χ0v) is 9.79. The van der Waals surface area contributed by atoms with Crippen molar-refractivity contribution in [3.63, 3.8) is 0 Å². The fraction of sp³-hybridized carbons (Fsp3) is 0.385. The SMILES string of the molecule is Cc1ccc(C#N)cc1NC(=O)NC1CCC1. The maximum atomic E-state index is 11.7. The number of anilines is 1. The lowest BCUT2D eigenvalue weighted by Crippen LogP contribution is -2.41. The summed E-state index contributed by atoms with van der Waals surface area (Å²) in [7, 11) is 0. The standard InChI is InChI=1S/C13H15N3O/c1-9-5-6-10(8-14)7-12(9)16-13(17)15-11-3-2-4-11/h5-7,11H,2-4H2,1H3,(H2,15,16,17). The molecule has 1 aromatic carbocycles. The summed E-state index contributed by atoms with van der Waals surface area (Å²) in [5.74, 6) is 0. The van der Waals surface area contributed by atoms with Gasteiger partial charge < -0.3 is 10.6 Å². The third kappa shape index (κ3) is 2.76. The average Bonchev–Trinajstić information content (AvgIpc) is 2.27. The van der Waals surface area contributed by atoms with Gasteiger partial charge in [0, 0.05) is 11.7 Å². The minimum atomic E-state index is -0.187. The largest absolute Gasteiger partial charge is 0.335 e. The highest BCUT2D eigenvalue weighted by Gasteiger charge is 2.19. The number of carbonyl (C=O) groups is 1. The topological polar surface area (TPSA) is 64.9 Å². The minimum absolute atomic E-state index is 0.187. The molecule has 2 rings (SSSR count). The zero-order chi connectivity index (χ0) is 12.3. The summed E-state index contributed by atoms with van der Waals surface area (Å²) >= 11 is 0. The van der Waals surface area contributed by atoms with E-state index in [4.69, 9.17) is 5.26 Å². The van der Waals surface area contributed by atoms with E-state index in [-0.39, 0.29) is 6.03 Å². The van der Waals surface area contributed by atoms with Crippen molar-refractivity contribution in [2.75, 3.05) is 5.32 Å². The number of urea groups is 1. The molecule has 2 amide bonds. The van der Waals surface area contributed by atoms with Gasteiger partial charge in [-0.3, -0.25) is 0 Å². The van der Waals surface area contributed by atoms with E-state index < -0.39 is 0 Å². The van der Waals surface area contributed by atoms with E-state index in [1.807, 2.05) is 13.0 Å². The van der Waals surface area contributed by atoms with Crippen LogP contribution in [0.25, 0.3) is 0 Å². The zero-order valence-electron chi connectivity index (χ0n) is 9.79. The molecule has 1 saturated carbocycles. The Morgan fingerprint density at radius 3 is 2.82 bits per heavy atom. The Kier molecular flexibility index (Phi) is 3.29. The summed E-state index contributed by atoms with van der Waals surface area (Å²) in [6.45, 7) is 1.90. The van der Waals surface area contributed by atoms with Crippen LogP contribution >= 0.6 is 0 Å². The molecule has 0 saturated heterocycles. The van der Waals surface area contributed by atoms with Crippen molar-refractivity contribution in [3.8, 4) is 6.07 Å². The van der Waals surface area contributed by atoms with Crippen LogP contribution in [-0.2, 0) is 0 Å². The highest BCUT2D eigenvalue weighted by Crippen LogP contribution is 2.19. The van der Waals surface area contributed by atoms with Crippen LogP contribution in [-0.4, -0.2) is 12.1 Å². The molecule has 0 spiro atoms. The summed E-state index contributed by atoms with van der Waals surface area (Å²) in [6.07, 6.45) is 3.31. The first-order valence-corrected chi connectivity index (χ1v) is 5.77. The van der Waals surface area contributed by atoms with Crippen LogP contribution in [0.15, 0.2) is 18.2 Å². The Bertz CT molecular complexity index is 472. The van der Waals surface area contributed by atoms with Crippen LogP contribution < -0.4 is 10.6 Å². The lowest BCUT2D eigenvalue weighted by molar-refractivity contribution is 0.240. The molecule has 1 fully saturated rings. The van der Waals surface area contributed by atoms with Crippen molar-refractivity contribution in [1.29, 1.82) is 5.26 Å². The predicted octanol–water partition coefficient (Wildman–Crippen LogP) is 2.54. The number of hydrogen-bond acceptors (Lipinski definition) is 2. The second-order valence-electron chi connectivity index (χ2n) is 4.37. The number of nitrogens with zero attached hydrogens (tertiary/aromatic N) is 1. The van der Waals surface area contributed by atoms with Crippen molar-refractivity contribution in [1.82, 2.24) is 5.32 Å². The van der Waals surface area contributed by atoms with Gasteiger partial charge in [0.2, 0.25) is 0 Å². The lowest BCUT2D eigenvalue weighted by Gasteiger charge is -2.26. The number of benzene rings is 1. The normalized spacial score (nSPS) is 14.6. The van der Waals surface area contributed by atoms with Gasteiger partial charge in [-0.2, -0.15) is 5.26 Å². The van der Waals surface area contributed by atoms with Gasteiger partial charge in [-0.05, 0) is 43.9 Å². The molecule has 0 aliphatic heterocycles. The summed E-state index contributed by atoms with van der Waals surface area (Å²) in [5.41, 5.74) is 2.20. The number of rotatable bonds is 2. The van der Waals surface area contributed by atoms with Gasteiger partial charge in [0.05, 0.1) is 11.6 Å². The van der Waals surface area contributed by atoms with Gasteiger partial charge in [-0.1, -0.05) is 6.07 Å². The Hall–Kier alpha value is -2.02. The van der Waals surface area contributed by atoms with Crippen LogP contribution in [0.3, 0.4) is 0 Å². The van der Waals surface area contributed by atoms with Crippen molar-refractivity contribution in [2.45, 2.75) is 32.2 Å². The molecule has 0 aromatic heterocycles. The molecule has 4 heteroatoms. The van der Waals surface area contributed by atoms with Gasteiger partial charge >= 0.3 is 6.03 Å². The lowest BCUT2D eigenvalue weighted by atomic mass is 9.93. The number of hydrogen-bond donors (Lipinski definition) is 2. The van der Waals surface area contributed by atoms with Crippen molar-refractivity contribution < 1.29 is 4.79 Å². The van der Waals surface area contributed by atoms with Crippen molar-refractivity contribution >= 4 is 11.7 Å². The molecule has 17 heavy (non-hydrogen) atoms. The highest BCUT2D eigenvalue weighted by atomic mass is 16.2. The maximum absolute atomic E-state index is 11.7. The summed E-state index contributed by atoms with van der Waals surface area (Å²) in [5, 5.41) is 14.5. The number of amides is 2. The van der Waals surface area contributed by atoms with Crippen molar-refractivity contribution in [3.05, 3.63) is 29.3 Å². The molecule has 1 aliphatic rings. The van der Waals surface area contributed by atoms with Gasteiger partial charge in [-0.25, -0.2) is 4.79 Å². The molecular weight excluding hydrogens is 214 g/mol. The molecule has 88 valence electrons. The Morgan fingerprint density at radius 2 is 2.24 bits per heavy atom. The predicted molar refractivity (Wildman–Crippen MR) is 65.7 cm³/mol. The van der Waals surface area contributed by atoms with E-state index in [0.29, 0.717) is 17.3 Å². The van der Waals surface area contributed by atoms with E-state index in [9.17, 15) is 4.79 Å². The molecule has 0 heterocycles. The third-order valence-electron chi connectivity index (χ3n) is 3.06. The monoisotopic (exact) mass is 229 g/mol. The van der Waals surface area contributed by atoms with E-state index in [1.165, 1.54) is 6.42 Å². The minimum Gasteiger partial charge on any atom is -0.335 e. The van der Waals surface area contributed by atoms with Crippen LogP contribution in [0.4, 0.5) is 10.5 Å². The molecule has 0 radical (unpaired) electrons. The number of aryl methyl sites for hydroxylation is 1. The highest BCUT2D eigenvalue weighted by molar-refractivity contribution is 5.90. The molecule has 0 bridgehead atoms. The van der Waals surface area contributed by atoms with Crippen LogP contribution in [0.1, 0.15) is 30.4 Å². The Morgan fingerprint density at radius 1 is 1.47 bits per heavy atom. The second kappa shape index (κ2) is 4.88. The molecule has 0 unspecified atom stereocenters. The smallest absolute Gasteiger partial charge is 0.319 e. The third-order valence-corrected chi connectivity index (χ3v) is 3.06. The van der Waals surface area contributed by atoms with Crippen LogP contribution in [0.2, 0.25) is 0 Å². The second-order valence-corrected chi connectivity index (χ2v) is 4.37. The van der Waals surface area contributed by atoms with E-state index >= 15 is 0 Å². The number of nitriles is 1. The summed E-state index contributed by atoms with van der Waals surface area (Å²) < 4.78 is 0. The van der Waals surface area contributed by atoms with Crippen LogP contribution in [0, 0.1) is 18.3 Å².